The van der Waals surface area contributed by atoms with Crippen molar-refractivity contribution in [2.75, 3.05) is 0 Å². The van der Waals surface area contributed by atoms with Crippen molar-refractivity contribution in [3.8, 4) is 0 Å². The summed E-state index contributed by atoms with van der Waals surface area (Å²) < 4.78 is 5.12. The van der Waals surface area contributed by atoms with Crippen molar-refractivity contribution in [2.24, 2.45) is 0 Å². The summed E-state index contributed by atoms with van der Waals surface area (Å²) in [6, 6.07) is 8.68. The number of nitrogens with one attached hydrogen (secondary N) is 1. The largest absolute Gasteiger partial charge is 0.481 e. The summed E-state index contributed by atoms with van der Waals surface area (Å²) in [6.45, 7) is 6.33. The maximum atomic E-state index is 12.5. The average molecular weight is 356 g/mol. The number of carboxylic acids is 1. The van der Waals surface area contributed by atoms with Crippen LogP contribution in [0.3, 0.4) is 0 Å². The number of carbonyl (C=O) groups excluding carboxylic acids is 1. The molecule has 1 atom stereocenters. The van der Waals surface area contributed by atoms with Gasteiger partial charge in [0.2, 0.25) is 5.76 Å². The molecule has 0 aliphatic heterocycles. The highest BCUT2D eigenvalue weighted by Gasteiger charge is 2.29. The number of aliphatic carboxylic acids is 1. The first-order valence-corrected chi connectivity index (χ1v) is 8.84. The van der Waals surface area contributed by atoms with Gasteiger partial charge >= 0.3 is 5.97 Å². The highest BCUT2D eigenvalue weighted by Crippen LogP contribution is 2.39. The predicted molar refractivity (Wildman–Crippen MR) is 96.1 cm³/mol. The summed E-state index contributed by atoms with van der Waals surface area (Å²) in [4.78, 5) is 23.7. The fourth-order valence-corrected chi connectivity index (χ4v) is 2.84. The quantitative estimate of drug-likeness (QED) is 0.821. The Morgan fingerprint density at radius 2 is 1.92 bits per heavy atom. The van der Waals surface area contributed by atoms with E-state index < -0.39 is 17.9 Å². The van der Waals surface area contributed by atoms with Gasteiger partial charge in [0.15, 0.2) is 0 Å². The molecule has 1 amide bonds. The number of hydrogen-bond donors (Lipinski definition) is 2. The van der Waals surface area contributed by atoms with E-state index in [1.165, 1.54) is 0 Å². The number of benzene rings is 1. The van der Waals surface area contributed by atoms with Gasteiger partial charge in [0.25, 0.3) is 5.91 Å². The lowest BCUT2D eigenvalue weighted by Crippen LogP contribution is -2.30. The van der Waals surface area contributed by atoms with E-state index in [0.717, 1.165) is 29.7 Å². The first-order valence-electron chi connectivity index (χ1n) is 8.84. The van der Waals surface area contributed by atoms with Crippen LogP contribution in [0, 0.1) is 0 Å². The third kappa shape index (κ3) is 4.31. The molecule has 1 saturated carbocycles. The molecule has 6 heteroatoms. The van der Waals surface area contributed by atoms with E-state index in [1.54, 1.807) is 6.07 Å². The molecule has 26 heavy (non-hydrogen) atoms. The van der Waals surface area contributed by atoms with E-state index in [0.29, 0.717) is 5.92 Å². The van der Waals surface area contributed by atoms with Crippen molar-refractivity contribution in [3.05, 3.63) is 52.9 Å². The molecule has 1 aliphatic carbocycles. The zero-order chi connectivity index (χ0) is 18.9. The third-order valence-electron chi connectivity index (χ3n) is 4.61. The van der Waals surface area contributed by atoms with Crippen LogP contribution in [0.15, 0.2) is 34.9 Å². The summed E-state index contributed by atoms with van der Waals surface area (Å²) in [7, 11) is 0. The number of hydrogen-bond acceptors (Lipinski definition) is 4. The predicted octanol–water partition coefficient (Wildman–Crippen LogP) is 3.80. The molecule has 3 rings (SSSR count). The summed E-state index contributed by atoms with van der Waals surface area (Å²) in [5.74, 6) is -0.921. The maximum absolute atomic E-state index is 12.5. The molecule has 0 bridgehead atoms. The van der Waals surface area contributed by atoms with E-state index in [4.69, 9.17) is 4.52 Å². The third-order valence-corrected chi connectivity index (χ3v) is 4.61. The summed E-state index contributed by atoms with van der Waals surface area (Å²) in [5, 5.41) is 15.9. The van der Waals surface area contributed by atoms with Crippen LogP contribution in [0.2, 0.25) is 0 Å². The Balaban J connectivity index is 1.76. The van der Waals surface area contributed by atoms with Crippen LogP contribution < -0.4 is 5.32 Å². The molecule has 0 radical (unpaired) electrons. The molecule has 1 heterocycles. The van der Waals surface area contributed by atoms with E-state index in [9.17, 15) is 14.7 Å². The van der Waals surface area contributed by atoms with Crippen LogP contribution in [-0.2, 0) is 10.2 Å². The minimum atomic E-state index is -0.980. The van der Waals surface area contributed by atoms with Gasteiger partial charge in [0.05, 0.1) is 18.2 Å². The minimum Gasteiger partial charge on any atom is -0.481 e. The van der Waals surface area contributed by atoms with E-state index in [-0.39, 0.29) is 17.6 Å². The number of rotatable bonds is 6. The molecule has 1 unspecified atom stereocenters. The smallest absolute Gasteiger partial charge is 0.305 e. The second-order valence-electron chi connectivity index (χ2n) is 7.89. The van der Waals surface area contributed by atoms with Gasteiger partial charge in [-0.2, -0.15) is 0 Å². The zero-order valence-corrected chi connectivity index (χ0v) is 15.3. The van der Waals surface area contributed by atoms with Crippen molar-refractivity contribution >= 4 is 11.9 Å². The fourth-order valence-electron chi connectivity index (χ4n) is 2.84. The van der Waals surface area contributed by atoms with Crippen molar-refractivity contribution in [1.82, 2.24) is 10.5 Å². The van der Waals surface area contributed by atoms with Crippen LogP contribution >= 0.6 is 0 Å². The van der Waals surface area contributed by atoms with Gasteiger partial charge in [-0.25, -0.2) is 0 Å². The molecule has 2 N–H and O–H groups in total. The maximum Gasteiger partial charge on any atom is 0.305 e. The van der Waals surface area contributed by atoms with Crippen molar-refractivity contribution in [3.63, 3.8) is 0 Å². The second-order valence-corrected chi connectivity index (χ2v) is 7.89. The summed E-state index contributed by atoms with van der Waals surface area (Å²) >= 11 is 0. The zero-order valence-electron chi connectivity index (χ0n) is 15.3. The molecule has 1 fully saturated rings. The molecular weight excluding hydrogens is 332 g/mol. The van der Waals surface area contributed by atoms with Gasteiger partial charge in [-0.05, 0) is 29.4 Å². The Morgan fingerprint density at radius 1 is 1.27 bits per heavy atom. The van der Waals surface area contributed by atoms with Crippen molar-refractivity contribution < 1.29 is 19.2 Å². The van der Waals surface area contributed by atoms with Crippen molar-refractivity contribution in [2.45, 2.75) is 57.4 Å². The van der Waals surface area contributed by atoms with Gasteiger partial charge in [-0.15, -0.1) is 0 Å². The first-order chi connectivity index (χ1) is 12.2. The number of amides is 1. The van der Waals surface area contributed by atoms with Crippen molar-refractivity contribution in [1.29, 1.82) is 0 Å². The normalized spacial score (nSPS) is 15.5. The lowest BCUT2D eigenvalue weighted by Gasteiger charge is -2.21. The molecule has 0 spiro atoms. The number of carbonyl (C=O) groups is 2. The second kappa shape index (κ2) is 6.94. The topological polar surface area (TPSA) is 92.4 Å². The van der Waals surface area contributed by atoms with Gasteiger partial charge < -0.3 is 14.9 Å². The van der Waals surface area contributed by atoms with E-state index >= 15 is 0 Å². The number of carboxylic acid groups (broad SMARTS) is 1. The Hall–Kier alpha value is -2.63. The van der Waals surface area contributed by atoms with E-state index in [2.05, 4.69) is 31.2 Å². The Kier molecular flexibility index (Phi) is 4.85. The Labute approximate surface area is 152 Å². The Bertz CT molecular complexity index is 798. The lowest BCUT2D eigenvalue weighted by molar-refractivity contribution is -0.137. The van der Waals surface area contributed by atoms with Gasteiger partial charge in [-0.1, -0.05) is 50.2 Å². The standard InChI is InChI=1S/C20H24N2O4/c1-20(2,3)14-8-6-12(7-9-14)15(11-18(23)24)21-19(25)17-10-16(22-26-17)13-4-5-13/h6-10,13,15H,4-5,11H2,1-3H3,(H,21,25)(H,23,24). The molecule has 1 aromatic carbocycles. The highest BCUT2D eigenvalue weighted by atomic mass is 16.5. The van der Waals surface area contributed by atoms with Gasteiger partial charge in [-0.3, -0.25) is 9.59 Å². The molecule has 138 valence electrons. The SMILES string of the molecule is CC(C)(C)c1ccc(C(CC(=O)O)NC(=O)c2cc(C3CC3)no2)cc1. The first kappa shape index (κ1) is 18.2. The summed E-state index contributed by atoms with van der Waals surface area (Å²) in [6.07, 6.45) is 1.93. The average Bonchev–Trinajstić information content (AvgIpc) is 3.30. The molecule has 1 aliphatic rings. The fraction of sp³-hybridized carbons (Fsp3) is 0.450. The molecular formula is C20H24N2O4. The van der Waals surface area contributed by atoms with Crippen LogP contribution in [-0.4, -0.2) is 22.1 Å². The molecule has 6 nitrogen and oxygen atoms in total. The Morgan fingerprint density at radius 3 is 2.46 bits per heavy atom. The lowest BCUT2D eigenvalue weighted by atomic mass is 9.86. The monoisotopic (exact) mass is 356 g/mol. The molecule has 0 saturated heterocycles. The van der Waals surface area contributed by atoms with Crippen LogP contribution in [0.1, 0.15) is 79.4 Å². The summed E-state index contributed by atoms with van der Waals surface area (Å²) in [5.41, 5.74) is 2.68. The van der Waals surface area contributed by atoms with Crippen LogP contribution in [0.5, 0.6) is 0 Å². The minimum absolute atomic E-state index is 0.00310. The van der Waals surface area contributed by atoms with Gasteiger partial charge in [0.1, 0.15) is 0 Å². The van der Waals surface area contributed by atoms with Crippen LogP contribution in [0.4, 0.5) is 0 Å². The molecule has 2 aromatic rings. The van der Waals surface area contributed by atoms with E-state index in [1.807, 2.05) is 24.3 Å². The highest BCUT2D eigenvalue weighted by molar-refractivity contribution is 5.92. The number of aromatic nitrogens is 1. The molecule has 1 aromatic heterocycles. The number of nitrogens with zero attached hydrogens (tertiary/aromatic N) is 1. The van der Waals surface area contributed by atoms with Gasteiger partial charge in [0, 0.05) is 12.0 Å². The van der Waals surface area contributed by atoms with Crippen LogP contribution in [0.25, 0.3) is 0 Å².